The summed E-state index contributed by atoms with van der Waals surface area (Å²) in [5, 5.41) is 86.6. The van der Waals surface area contributed by atoms with Crippen molar-refractivity contribution in [2.75, 3.05) is 19.8 Å². The predicted molar refractivity (Wildman–Crippen MR) is 254 cm³/mol. The van der Waals surface area contributed by atoms with Gasteiger partial charge in [-0.15, -0.1) is 0 Å². The summed E-state index contributed by atoms with van der Waals surface area (Å²) in [6.07, 6.45) is 28.3. The van der Waals surface area contributed by atoms with E-state index in [1.165, 1.54) is 57.8 Å². The highest BCUT2D eigenvalue weighted by Gasteiger charge is 2.51. The Hall–Kier alpha value is -2.31. The molecule has 2 fully saturated rings. The number of hydrogen-bond acceptors (Lipinski definition) is 13. The van der Waals surface area contributed by atoms with E-state index in [-0.39, 0.29) is 18.9 Å². The minimum absolute atomic E-state index is 0.259. The van der Waals surface area contributed by atoms with Crippen LogP contribution in [0.4, 0.5) is 0 Å². The van der Waals surface area contributed by atoms with Crippen LogP contribution in [0.3, 0.4) is 0 Å². The van der Waals surface area contributed by atoms with Crippen LogP contribution in [0, 0.1) is 0 Å². The van der Waals surface area contributed by atoms with E-state index in [1.54, 1.807) is 6.08 Å². The Labute approximate surface area is 390 Å². The van der Waals surface area contributed by atoms with Crippen LogP contribution in [0.5, 0.6) is 0 Å². The molecule has 12 unspecified atom stereocenters. The molecule has 2 heterocycles. The van der Waals surface area contributed by atoms with Crippen molar-refractivity contribution in [3.05, 3.63) is 60.8 Å². The molecule has 14 heteroatoms. The number of allylic oxidation sites excluding steroid dienone is 9. The van der Waals surface area contributed by atoms with Crippen LogP contribution in [0.1, 0.15) is 162 Å². The lowest BCUT2D eigenvalue weighted by atomic mass is 9.97. The molecule has 0 radical (unpaired) electrons. The van der Waals surface area contributed by atoms with Gasteiger partial charge in [0.25, 0.3) is 0 Å². The third-order valence-electron chi connectivity index (χ3n) is 11.9. The minimum atomic E-state index is -1.79. The van der Waals surface area contributed by atoms with E-state index in [4.69, 9.17) is 18.9 Å². The Morgan fingerprint density at radius 3 is 1.69 bits per heavy atom. The maximum Gasteiger partial charge on any atom is 0.220 e. The minimum Gasteiger partial charge on any atom is -0.394 e. The van der Waals surface area contributed by atoms with Crippen molar-refractivity contribution in [3.63, 3.8) is 0 Å². The third-order valence-corrected chi connectivity index (χ3v) is 11.9. The topological polar surface area (TPSA) is 228 Å². The van der Waals surface area contributed by atoms with Crippen LogP contribution in [-0.4, -0.2) is 140 Å². The highest BCUT2D eigenvalue weighted by atomic mass is 16.7. The first-order chi connectivity index (χ1) is 31.6. The van der Waals surface area contributed by atoms with Crippen molar-refractivity contribution < 1.29 is 64.6 Å². The Morgan fingerprint density at radius 2 is 1.08 bits per heavy atom. The van der Waals surface area contributed by atoms with Gasteiger partial charge in [-0.25, -0.2) is 0 Å². The zero-order valence-corrected chi connectivity index (χ0v) is 39.7. The first-order valence-electron chi connectivity index (χ1n) is 25.0. The van der Waals surface area contributed by atoms with Crippen molar-refractivity contribution >= 4 is 5.91 Å². The lowest BCUT2D eigenvalue weighted by molar-refractivity contribution is -0.359. The molecular weight excluding hydrogens is 835 g/mol. The number of unbranched alkanes of at least 4 members (excludes halogenated alkanes) is 16. The fraction of sp³-hybridized carbons (Fsp3) is 0.784. The quantitative estimate of drug-likeness (QED) is 0.0248. The summed E-state index contributed by atoms with van der Waals surface area (Å²) in [7, 11) is 0. The zero-order chi connectivity index (χ0) is 47.5. The lowest BCUT2D eigenvalue weighted by Gasteiger charge is -2.46. The number of ether oxygens (including phenoxy) is 4. The zero-order valence-electron chi connectivity index (χ0n) is 39.7. The number of carbonyl (C=O) groups excluding carboxylic acids is 1. The summed E-state index contributed by atoms with van der Waals surface area (Å²) < 4.78 is 22.6. The van der Waals surface area contributed by atoms with E-state index >= 15 is 0 Å². The highest BCUT2D eigenvalue weighted by molar-refractivity contribution is 5.76. The van der Waals surface area contributed by atoms with E-state index in [2.05, 4.69) is 67.8 Å². The first-order valence-corrected chi connectivity index (χ1v) is 25.0. The van der Waals surface area contributed by atoms with Gasteiger partial charge in [0.1, 0.15) is 48.8 Å². The number of hydrogen-bond donors (Lipinski definition) is 9. The van der Waals surface area contributed by atoms with Gasteiger partial charge in [-0.3, -0.25) is 4.79 Å². The fourth-order valence-electron chi connectivity index (χ4n) is 7.85. The van der Waals surface area contributed by atoms with E-state index < -0.39 is 86.8 Å². The van der Waals surface area contributed by atoms with Gasteiger partial charge in [0, 0.05) is 6.42 Å². The summed E-state index contributed by atoms with van der Waals surface area (Å²) in [5.74, 6) is -0.264. The van der Waals surface area contributed by atoms with E-state index in [0.717, 1.165) is 70.6 Å². The molecular formula is C51H89NO13. The largest absolute Gasteiger partial charge is 0.394 e. The van der Waals surface area contributed by atoms with E-state index in [0.29, 0.717) is 12.8 Å². The van der Waals surface area contributed by atoms with Gasteiger partial charge in [0.2, 0.25) is 5.91 Å². The Balaban J connectivity index is 1.88. The smallest absolute Gasteiger partial charge is 0.220 e. The van der Waals surface area contributed by atoms with Gasteiger partial charge in [-0.1, -0.05) is 152 Å². The second-order valence-electron chi connectivity index (χ2n) is 17.6. The molecule has 0 aliphatic carbocycles. The summed E-state index contributed by atoms with van der Waals surface area (Å²) in [6, 6.07) is -0.937. The van der Waals surface area contributed by atoms with Gasteiger partial charge in [0.05, 0.1) is 32.0 Å². The van der Waals surface area contributed by atoms with Crippen LogP contribution in [-0.2, 0) is 23.7 Å². The van der Waals surface area contributed by atoms with Crippen molar-refractivity contribution in [2.24, 2.45) is 0 Å². The molecule has 0 aromatic carbocycles. The molecule has 0 aromatic rings. The maximum absolute atomic E-state index is 13.2. The van der Waals surface area contributed by atoms with Gasteiger partial charge in [-0.05, 0) is 64.2 Å². The second-order valence-corrected chi connectivity index (χ2v) is 17.6. The van der Waals surface area contributed by atoms with Crippen LogP contribution in [0.25, 0.3) is 0 Å². The molecule has 2 aliphatic heterocycles. The van der Waals surface area contributed by atoms with Crippen molar-refractivity contribution in [1.82, 2.24) is 5.32 Å². The molecule has 2 aliphatic rings. The molecule has 1 amide bonds. The molecule has 0 bridgehead atoms. The molecule has 0 saturated carbocycles. The molecule has 376 valence electrons. The second kappa shape index (κ2) is 37.6. The molecule has 12 atom stereocenters. The SMILES string of the molecule is CC/C=C\C/C=C\C/C=C\CCCCCCCCCC(=O)NC(COC1OC(CO)C(OC2OC(CO)C(O)C(O)C2O)C(O)C1O)C(O)/C=C/CC/C=C/CCCCCCCCCC. The number of carbonyl (C=O) groups is 1. The molecule has 14 nitrogen and oxygen atoms in total. The Kier molecular flexibility index (Phi) is 34.1. The van der Waals surface area contributed by atoms with E-state index in [9.17, 15) is 45.6 Å². The number of aliphatic hydroxyl groups is 8. The van der Waals surface area contributed by atoms with Crippen LogP contribution < -0.4 is 5.32 Å². The Bertz CT molecular complexity index is 1320. The average molecular weight is 924 g/mol. The number of rotatable bonds is 37. The summed E-state index contributed by atoms with van der Waals surface area (Å²) >= 11 is 0. The molecule has 2 saturated heterocycles. The average Bonchev–Trinajstić information content (AvgIpc) is 3.30. The lowest BCUT2D eigenvalue weighted by Crippen LogP contribution is -2.65. The first kappa shape index (κ1) is 58.8. The molecule has 9 N–H and O–H groups in total. The molecule has 2 rings (SSSR count). The Morgan fingerprint density at radius 1 is 0.569 bits per heavy atom. The van der Waals surface area contributed by atoms with Crippen LogP contribution in [0.2, 0.25) is 0 Å². The number of aliphatic hydroxyl groups excluding tert-OH is 8. The molecule has 0 aromatic heterocycles. The van der Waals surface area contributed by atoms with Crippen molar-refractivity contribution in [3.8, 4) is 0 Å². The monoisotopic (exact) mass is 924 g/mol. The summed E-state index contributed by atoms with van der Waals surface area (Å²) in [6.45, 7) is 2.62. The van der Waals surface area contributed by atoms with Gasteiger partial charge in [-0.2, -0.15) is 0 Å². The van der Waals surface area contributed by atoms with Crippen LogP contribution in [0.15, 0.2) is 60.8 Å². The third kappa shape index (κ3) is 25.0. The number of amides is 1. The van der Waals surface area contributed by atoms with Crippen LogP contribution >= 0.6 is 0 Å². The van der Waals surface area contributed by atoms with Gasteiger partial charge < -0.3 is 65.1 Å². The van der Waals surface area contributed by atoms with Gasteiger partial charge in [0.15, 0.2) is 12.6 Å². The molecule has 65 heavy (non-hydrogen) atoms. The standard InChI is InChI=1S/C51H89NO13/c1-3-5-7-9-11-13-15-17-19-20-21-23-25-27-29-31-33-35-43(56)52-39(40(55)34-32-30-28-26-24-22-18-16-14-12-10-8-6-4-2)38-62-50-48(61)46(59)49(42(37-54)64-50)65-51-47(60)45(58)44(57)41(36-53)63-51/h5,7,11,13,17,19,24,26,32,34,39-42,44-51,53-55,57-61H,3-4,6,8-10,12,14-16,18,20-23,25,27-31,33,35-38H2,1-2H3,(H,52,56)/b7-5-,13-11-,19-17-,26-24+,34-32+. The predicted octanol–water partition coefficient (Wildman–Crippen LogP) is 6.27. The summed E-state index contributed by atoms with van der Waals surface area (Å²) in [5.41, 5.74) is 0. The normalized spacial score (nSPS) is 27.5. The highest BCUT2D eigenvalue weighted by Crippen LogP contribution is 2.30. The summed E-state index contributed by atoms with van der Waals surface area (Å²) in [4.78, 5) is 13.2. The van der Waals surface area contributed by atoms with Gasteiger partial charge >= 0.3 is 0 Å². The van der Waals surface area contributed by atoms with E-state index in [1.807, 2.05) is 6.08 Å². The van der Waals surface area contributed by atoms with Crippen molar-refractivity contribution in [1.29, 1.82) is 0 Å². The number of nitrogens with one attached hydrogen (secondary N) is 1. The fourth-order valence-corrected chi connectivity index (χ4v) is 7.85. The van der Waals surface area contributed by atoms with Crippen molar-refractivity contribution in [2.45, 2.75) is 235 Å². The molecule has 0 spiro atoms. The maximum atomic E-state index is 13.2.